The Morgan fingerprint density at radius 3 is 1.77 bits per heavy atom. The molecular formula is C24H30O2. The van der Waals surface area contributed by atoms with Crippen LogP contribution in [0.25, 0.3) is 0 Å². The van der Waals surface area contributed by atoms with Crippen LogP contribution in [0.4, 0.5) is 0 Å². The van der Waals surface area contributed by atoms with Gasteiger partial charge in [-0.25, -0.2) is 4.79 Å². The van der Waals surface area contributed by atoms with Crippen LogP contribution in [0.5, 0.6) is 0 Å². The fraction of sp³-hybridized carbons (Fsp3) is 0.458. The number of carbonyl (C=O) groups is 1. The average Bonchev–Trinajstić information content (AvgIpc) is 2.98. The van der Waals surface area contributed by atoms with Crippen LogP contribution < -0.4 is 0 Å². The van der Waals surface area contributed by atoms with E-state index < -0.39 is 5.97 Å². The van der Waals surface area contributed by atoms with E-state index in [4.69, 9.17) is 5.11 Å². The van der Waals surface area contributed by atoms with E-state index in [1.807, 2.05) is 12.1 Å². The molecule has 2 aromatic carbocycles. The molecule has 2 aromatic rings. The zero-order valence-electron chi connectivity index (χ0n) is 16.6. The fourth-order valence-electron chi connectivity index (χ4n) is 4.37. The molecule has 0 heterocycles. The summed E-state index contributed by atoms with van der Waals surface area (Å²) in [4.78, 5) is 10.8. The summed E-state index contributed by atoms with van der Waals surface area (Å²) in [7, 11) is 0. The summed E-state index contributed by atoms with van der Waals surface area (Å²) in [6, 6.07) is 12.3. The van der Waals surface area contributed by atoms with Gasteiger partial charge in [0, 0.05) is 0 Å². The Hall–Kier alpha value is -2.09. The first-order valence-corrected chi connectivity index (χ1v) is 9.48. The molecule has 0 aromatic heterocycles. The third-order valence-electron chi connectivity index (χ3n) is 5.49. The number of carboxylic acids is 1. The Bertz CT molecular complexity index is 843. The number of benzene rings is 2. The molecule has 4 rings (SSSR count). The molecule has 0 aliphatic heterocycles. The van der Waals surface area contributed by atoms with Crippen molar-refractivity contribution in [1.82, 2.24) is 0 Å². The van der Waals surface area contributed by atoms with Gasteiger partial charge in [-0.1, -0.05) is 57.5 Å². The number of hydrogen-bond acceptors (Lipinski definition) is 1. The molecular weight excluding hydrogens is 320 g/mol. The highest BCUT2D eigenvalue weighted by Crippen LogP contribution is 2.37. The van der Waals surface area contributed by atoms with Gasteiger partial charge in [-0.05, 0) is 77.8 Å². The topological polar surface area (TPSA) is 37.3 Å². The summed E-state index contributed by atoms with van der Waals surface area (Å²) in [5, 5.41) is 8.85. The van der Waals surface area contributed by atoms with E-state index in [1.54, 1.807) is 17.2 Å². The highest BCUT2D eigenvalue weighted by molar-refractivity contribution is 5.88. The van der Waals surface area contributed by atoms with Crippen molar-refractivity contribution in [2.75, 3.05) is 0 Å². The highest BCUT2D eigenvalue weighted by Gasteiger charge is 2.29. The molecule has 2 aliphatic rings. The first-order chi connectivity index (χ1) is 12.0. The first kappa shape index (κ1) is 18.7. The predicted molar refractivity (Wildman–Crippen MR) is 107 cm³/mol. The lowest BCUT2D eigenvalue weighted by atomic mass is 9.90. The lowest BCUT2D eigenvalue weighted by molar-refractivity contribution is 0.0696. The molecule has 0 spiro atoms. The van der Waals surface area contributed by atoms with Crippen LogP contribution in [-0.2, 0) is 25.7 Å². The molecule has 0 saturated carbocycles. The summed E-state index contributed by atoms with van der Waals surface area (Å²) in [5.41, 5.74) is 8.23. The number of carboxylic acid groups (broad SMARTS) is 1. The zero-order valence-corrected chi connectivity index (χ0v) is 16.6. The van der Waals surface area contributed by atoms with Gasteiger partial charge in [-0.3, -0.25) is 0 Å². The summed E-state index contributed by atoms with van der Waals surface area (Å²) in [6.45, 7) is 11.3. The van der Waals surface area contributed by atoms with Gasteiger partial charge in [0.2, 0.25) is 0 Å². The van der Waals surface area contributed by atoms with E-state index in [0.29, 0.717) is 16.4 Å². The van der Waals surface area contributed by atoms with Crippen LogP contribution in [0.1, 0.15) is 65.9 Å². The van der Waals surface area contributed by atoms with E-state index in [-0.39, 0.29) is 0 Å². The van der Waals surface area contributed by atoms with Crippen molar-refractivity contribution >= 4 is 5.97 Å². The maximum absolute atomic E-state index is 10.8. The lowest BCUT2D eigenvalue weighted by Crippen LogP contribution is -2.09. The monoisotopic (exact) mass is 350 g/mol. The van der Waals surface area contributed by atoms with Gasteiger partial charge in [0.15, 0.2) is 0 Å². The molecule has 0 saturated heterocycles. The van der Waals surface area contributed by atoms with Crippen LogP contribution in [0.3, 0.4) is 0 Å². The molecule has 2 aliphatic carbocycles. The Morgan fingerprint density at radius 2 is 1.23 bits per heavy atom. The number of hydrogen-bond donors (Lipinski definition) is 1. The van der Waals surface area contributed by atoms with Gasteiger partial charge in [0.05, 0.1) is 5.56 Å². The lowest BCUT2D eigenvalue weighted by Gasteiger charge is -2.14. The maximum atomic E-state index is 10.8. The van der Waals surface area contributed by atoms with E-state index in [0.717, 1.165) is 12.8 Å². The van der Waals surface area contributed by atoms with E-state index in [1.165, 1.54) is 29.5 Å². The molecule has 2 heteroatoms. The smallest absolute Gasteiger partial charge is 0.335 e. The summed E-state index contributed by atoms with van der Waals surface area (Å²) < 4.78 is 0. The van der Waals surface area contributed by atoms with Gasteiger partial charge >= 0.3 is 5.97 Å². The minimum absolute atomic E-state index is 0.291. The van der Waals surface area contributed by atoms with Crippen LogP contribution in [-0.4, -0.2) is 11.1 Å². The van der Waals surface area contributed by atoms with Crippen molar-refractivity contribution in [3.8, 4) is 0 Å². The number of aryl methyl sites for hydroxylation is 1. The minimum Gasteiger partial charge on any atom is -0.478 e. The van der Waals surface area contributed by atoms with E-state index in [2.05, 4.69) is 52.8 Å². The molecule has 138 valence electrons. The third kappa shape index (κ3) is 4.17. The molecule has 0 fully saturated rings. The van der Waals surface area contributed by atoms with E-state index >= 15 is 0 Å². The van der Waals surface area contributed by atoms with Gasteiger partial charge in [0.25, 0.3) is 0 Å². The van der Waals surface area contributed by atoms with Crippen LogP contribution in [0.15, 0.2) is 36.4 Å². The molecule has 26 heavy (non-hydrogen) atoms. The standard InChI is InChI=1S/C12H14O2.C12H16/c1-12(2)6-9-4-3-8(11(13)14)5-10(9)7-12;1-9-4-5-10-7-12(2,3)8-11(10)6-9/h3-5H,6-7H2,1-2H3,(H,13,14);4-6H,7-8H2,1-3H3. The first-order valence-electron chi connectivity index (χ1n) is 9.48. The van der Waals surface area contributed by atoms with E-state index in [9.17, 15) is 4.79 Å². The molecule has 1 N–H and O–H groups in total. The quantitative estimate of drug-likeness (QED) is 0.724. The van der Waals surface area contributed by atoms with Crippen LogP contribution in [0, 0.1) is 17.8 Å². The van der Waals surface area contributed by atoms with Gasteiger partial charge < -0.3 is 5.11 Å². The average molecular weight is 351 g/mol. The maximum Gasteiger partial charge on any atom is 0.335 e. The molecule has 0 amide bonds. The number of fused-ring (bicyclic) bond motifs is 2. The summed E-state index contributed by atoms with van der Waals surface area (Å²) in [6.07, 6.45) is 4.55. The fourth-order valence-corrected chi connectivity index (χ4v) is 4.37. The minimum atomic E-state index is -0.836. The highest BCUT2D eigenvalue weighted by atomic mass is 16.4. The van der Waals surface area contributed by atoms with Crippen molar-refractivity contribution in [2.24, 2.45) is 10.8 Å². The Labute approximate surface area is 157 Å². The second kappa shape index (κ2) is 6.57. The normalized spacial score (nSPS) is 18.5. The van der Waals surface area contributed by atoms with Crippen molar-refractivity contribution in [3.63, 3.8) is 0 Å². The Balaban J connectivity index is 0.000000152. The number of aromatic carboxylic acids is 1. The third-order valence-corrected chi connectivity index (χ3v) is 5.49. The SMILES string of the molecule is CC1(C)Cc2ccc(C(=O)O)cc2C1.Cc1ccc2c(c1)CC(C)(C)C2. The molecule has 0 unspecified atom stereocenters. The predicted octanol–water partition coefficient (Wildman–Crippen LogP) is 5.63. The zero-order chi connectivity index (χ0) is 19.1. The largest absolute Gasteiger partial charge is 0.478 e. The molecule has 0 bridgehead atoms. The van der Waals surface area contributed by atoms with Crippen LogP contribution in [0.2, 0.25) is 0 Å². The number of rotatable bonds is 1. The van der Waals surface area contributed by atoms with Crippen molar-refractivity contribution < 1.29 is 9.90 Å². The molecule has 0 atom stereocenters. The van der Waals surface area contributed by atoms with Gasteiger partial charge in [-0.2, -0.15) is 0 Å². The summed E-state index contributed by atoms with van der Waals surface area (Å²) in [5.74, 6) is -0.836. The van der Waals surface area contributed by atoms with Gasteiger partial charge in [0.1, 0.15) is 0 Å². The van der Waals surface area contributed by atoms with Crippen LogP contribution >= 0.6 is 0 Å². The van der Waals surface area contributed by atoms with Crippen molar-refractivity contribution in [2.45, 2.75) is 60.3 Å². The van der Waals surface area contributed by atoms with Crippen molar-refractivity contribution in [1.29, 1.82) is 0 Å². The van der Waals surface area contributed by atoms with Gasteiger partial charge in [-0.15, -0.1) is 0 Å². The Morgan fingerprint density at radius 1 is 0.769 bits per heavy atom. The molecule has 2 nitrogen and oxygen atoms in total. The summed E-state index contributed by atoms with van der Waals surface area (Å²) >= 11 is 0. The second-order valence-corrected chi connectivity index (χ2v) is 9.60. The second-order valence-electron chi connectivity index (χ2n) is 9.60. The van der Waals surface area contributed by atoms with Crippen molar-refractivity contribution in [3.05, 3.63) is 69.8 Å². The Kier molecular flexibility index (Phi) is 4.72. The molecule has 0 radical (unpaired) electrons.